The van der Waals surface area contributed by atoms with Crippen molar-refractivity contribution >= 4 is 34.9 Å². The number of halogens is 8. The smallest absolute Gasteiger partial charge is 0.425 e. The first kappa shape index (κ1) is 19.5. The highest BCUT2D eigenvalue weighted by atomic mass is 35.5. The van der Waals surface area contributed by atoms with Gasteiger partial charge in [-0.05, 0) is 12.1 Å². The van der Waals surface area contributed by atoms with Gasteiger partial charge in [-0.15, -0.1) is 13.2 Å². The standard InChI is InChI=1S/C10H6Cl2F6N2O3/c11-4-1-3(20-8(19)21)2-5(12)6(4)22-9(14,15)7(13)23-10(16,17)18/h1-2,7H,(H3,19,20,21). The Morgan fingerprint density at radius 1 is 1.17 bits per heavy atom. The topological polar surface area (TPSA) is 73.6 Å². The summed E-state index contributed by atoms with van der Waals surface area (Å²) in [5.74, 6) is -1.03. The molecule has 1 unspecified atom stereocenters. The number of anilines is 1. The molecule has 3 N–H and O–H groups in total. The van der Waals surface area contributed by atoms with Crippen LogP contribution in [0.15, 0.2) is 12.1 Å². The molecule has 1 rings (SSSR count). The van der Waals surface area contributed by atoms with E-state index in [2.05, 4.69) is 9.47 Å². The number of primary amides is 1. The van der Waals surface area contributed by atoms with Crippen LogP contribution in [0.5, 0.6) is 5.75 Å². The van der Waals surface area contributed by atoms with Crippen LogP contribution in [0.3, 0.4) is 0 Å². The minimum Gasteiger partial charge on any atom is -0.425 e. The van der Waals surface area contributed by atoms with Crippen molar-refractivity contribution in [3.05, 3.63) is 22.2 Å². The number of rotatable bonds is 5. The molecule has 0 fully saturated rings. The summed E-state index contributed by atoms with van der Waals surface area (Å²) in [6.07, 6.45) is -14.9. The van der Waals surface area contributed by atoms with Crippen LogP contribution in [0.4, 0.5) is 36.8 Å². The normalized spacial score (nSPS) is 13.6. The van der Waals surface area contributed by atoms with Crippen LogP contribution in [0, 0.1) is 0 Å². The minimum absolute atomic E-state index is 0.119. The van der Waals surface area contributed by atoms with E-state index < -0.39 is 40.7 Å². The third-order valence-electron chi connectivity index (χ3n) is 2.01. The molecule has 130 valence electrons. The molecule has 0 aliphatic rings. The Bertz CT molecular complexity index is 575. The number of urea groups is 1. The Labute approximate surface area is 134 Å². The molecule has 1 aromatic carbocycles. The zero-order valence-corrected chi connectivity index (χ0v) is 12.1. The van der Waals surface area contributed by atoms with Crippen molar-refractivity contribution in [2.45, 2.75) is 18.8 Å². The van der Waals surface area contributed by atoms with E-state index in [4.69, 9.17) is 28.9 Å². The van der Waals surface area contributed by atoms with Gasteiger partial charge in [-0.3, -0.25) is 0 Å². The van der Waals surface area contributed by atoms with Gasteiger partial charge in [0.05, 0.1) is 10.0 Å². The van der Waals surface area contributed by atoms with Gasteiger partial charge in [0.25, 0.3) is 0 Å². The van der Waals surface area contributed by atoms with Gasteiger partial charge < -0.3 is 15.8 Å². The lowest BCUT2D eigenvalue weighted by molar-refractivity contribution is -0.411. The molecule has 0 aliphatic carbocycles. The maximum absolute atomic E-state index is 13.3. The van der Waals surface area contributed by atoms with Crippen molar-refractivity contribution < 1.29 is 40.6 Å². The monoisotopic (exact) mass is 386 g/mol. The van der Waals surface area contributed by atoms with Gasteiger partial charge in [0, 0.05) is 5.69 Å². The fraction of sp³-hybridized carbons (Fsp3) is 0.300. The average Bonchev–Trinajstić information content (AvgIpc) is 2.31. The fourth-order valence-corrected chi connectivity index (χ4v) is 1.80. The zero-order valence-electron chi connectivity index (χ0n) is 10.6. The van der Waals surface area contributed by atoms with E-state index in [9.17, 15) is 31.1 Å². The molecular formula is C10H6Cl2F6N2O3. The average molecular weight is 387 g/mol. The van der Waals surface area contributed by atoms with Crippen molar-refractivity contribution in [3.8, 4) is 5.75 Å². The van der Waals surface area contributed by atoms with E-state index in [1.165, 1.54) is 0 Å². The van der Waals surface area contributed by atoms with Crippen molar-refractivity contribution in [1.82, 2.24) is 0 Å². The number of hydrogen-bond acceptors (Lipinski definition) is 3. The van der Waals surface area contributed by atoms with E-state index in [0.717, 1.165) is 12.1 Å². The molecular weight excluding hydrogens is 381 g/mol. The first-order valence-electron chi connectivity index (χ1n) is 5.33. The van der Waals surface area contributed by atoms with Crippen molar-refractivity contribution in [3.63, 3.8) is 0 Å². The molecule has 1 aromatic rings. The second kappa shape index (κ2) is 6.89. The minimum atomic E-state index is -5.66. The lowest BCUT2D eigenvalue weighted by atomic mass is 10.3. The number of benzene rings is 1. The summed E-state index contributed by atoms with van der Waals surface area (Å²) in [6.45, 7) is 0. The molecule has 5 nitrogen and oxygen atoms in total. The Morgan fingerprint density at radius 2 is 1.65 bits per heavy atom. The molecule has 13 heteroatoms. The lowest BCUT2D eigenvalue weighted by Gasteiger charge is -2.23. The number of carbonyl (C=O) groups excluding carboxylic acids is 1. The number of hydrogen-bond donors (Lipinski definition) is 2. The summed E-state index contributed by atoms with van der Waals surface area (Å²) in [6, 6.07) is 0.668. The number of nitrogens with one attached hydrogen (secondary N) is 1. The first-order valence-corrected chi connectivity index (χ1v) is 6.08. The maximum atomic E-state index is 13.3. The summed E-state index contributed by atoms with van der Waals surface area (Å²) in [5, 5.41) is 0.704. The number of ether oxygens (including phenoxy) is 2. The first-order chi connectivity index (χ1) is 10.3. The zero-order chi connectivity index (χ0) is 18.0. The molecule has 0 bridgehead atoms. The van der Waals surface area contributed by atoms with E-state index in [1.807, 2.05) is 5.32 Å². The summed E-state index contributed by atoms with van der Waals surface area (Å²) < 4.78 is 81.0. The second-order valence-electron chi connectivity index (χ2n) is 3.80. The van der Waals surface area contributed by atoms with E-state index in [1.54, 1.807) is 0 Å². The molecule has 0 saturated heterocycles. The summed E-state index contributed by atoms with van der Waals surface area (Å²) in [5.41, 5.74) is 4.68. The van der Waals surface area contributed by atoms with Crippen LogP contribution in [0.1, 0.15) is 0 Å². The highest BCUT2D eigenvalue weighted by Crippen LogP contribution is 2.40. The Hall–Kier alpha value is -1.59. The van der Waals surface area contributed by atoms with Gasteiger partial charge in [-0.2, -0.15) is 8.78 Å². The second-order valence-corrected chi connectivity index (χ2v) is 4.62. The molecule has 0 spiro atoms. The predicted molar refractivity (Wildman–Crippen MR) is 67.3 cm³/mol. The number of nitrogens with two attached hydrogens (primary N) is 1. The fourth-order valence-electron chi connectivity index (χ4n) is 1.24. The van der Waals surface area contributed by atoms with Gasteiger partial charge in [0.15, 0.2) is 5.75 Å². The Kier molecular flexibility index (Phi) is 5.83. The molecule has 0 radical (unpaired) electrons. The third kappa shape index (κ3) is 5.84. The molecule has 0 aliphatic heterocycles. The highest BCUT2D eigenvalue weighted by Gasteiger charge is 2.51. The van der Waals surface area contributed by atoms with Crippen molar-refractivity contribution in [1.29, 1.82) is 0 Å². The molecule has 23 heavy (non-hydrogen) atoms. The lowest BCUT2D eigenvalue weighted by Crippen LogP contribution is -2.41. The van der Waals surface area contributed by atoms with Crippen LogP contribution >= 0.6 is 23.2 Å². The van der Waals surface area contributed by atoms with E-state index >= 15 is 0 Å². The SMILES string of the molecule is NC(=O)Nc1cc(Cl)c(OC(F)(F)C(F)OC(F)(F)F)c(Cl)c1. The molecule has 0 saturated carbocycles. The third-order valence-corrected chi connectivity index (χ3v) is 2.57. The number of carbonyl (C=O) groups is 1. The van der Waals surface area contributed by atoms with Gasteiger partial charge in [0.1, 0.15) is 0 Å². The highest BCUT2D eigenvalue weighted by molar-refractivity contribution is 6.37. The van der Waals surface area contributed by atoms with E-state index in [-0.39, 0.29) is 5.69 Å². The quantitative estimate of drug-likeness (QED) is 0.741. The maximum Gasteiger partial charge on any atom is 0.525 e. The molecule has 1 atom stereocenters. The summed E-state index contributed by atoms with van der Waals surface area (Å²) >= 11 is 11.1. The van der Waals surface area contributed by atoms with Crippen molar-refractivity contribution in [2.75, 3.05) is 5.32 Å². The number of alkyl halides is 6. The van der Waals surface area contributed by atoms with Crippen LogP contribution in [-0.2, 0) is 4.74 Å². The van der Waals surface area contributed by atoms with E-state index in [0.29, 0.717) is 0 Å². The van der Waals surface area contributed by atoms with Crippen LogP contribution in [0.25, 0.3) is 0 Å². The van der Waals surface area contributed by atoms with Gasteiger partial charge >= 0.3 is 24.9 Å². The molecule has 0 heterocycles. The predicted octanol–water partition coefficient (Wildman–Crippen LogP) is 4.29. The molecule has 0 aromatic heterocycles. The Morgan fingerprint density at radius 3 is 2.04 bits per heavy atom. The van der Waals surface area contributed by atoms with Crippen molar-refractivity contribution in [2.24, 2.45) is 5.73 Å². The largest absolute Gasteiger partial charge is 0.525 e. The summed E-state index contributed by atoms with van der Waals surface area (Å²) in [4.78, 5) is 10.6. The number of amides is 2. The van der Waals surface area contributed by atoms with Crippen LogP contribution in [0.2, 0.25) is 10.0 Å². The van der Waals surface area contributed by atoms with Gasteiger partial charge in [0.2, 0.25) is 0 Å². The Balaban J connectivity index is 3.01. The van der Waals surface area contributed by atoms with Crippen LogP contribution in [-0.4, -0.2) is 24.9 Å². The van der Waals surface area contributed by atoms with Gasteiger partial charge in [-0.1, -0.05) is 23.2 Å². The summed E-state index contributed by atoms with van der Waals surface area (Å²) in [7, 11) is 0. The van der Waals surface area contributed by atoms with Crippen LogP contribution < -0.4 is 15.8 Å². The molecule has 2 amide bonds. The van der Waals surface area contributed by atoms with Gasteiger partial charge in [-0.25, -0.2) is 13.9 Å².